The summed E-state index contributed by atoms with van der Waals surface area (Å²) in [7, 11) is 0. The molecule has 0 radical (unpaired) electrons. The van der Waals surface area contributed by atoms with E-state index in [1.165, 1.54) is 0 Å². The van der Waals surface area contributed by atoms with Gasteiger partial charge in [-0.1, -0.05) is 54.4 Å². The van der Waals surface area contributed by atoms with Crippen molar-refractivity contribution in [1.82, 2.24) is 20.1 Å². The van der Waals surface area contributed by atoms with Gasteiger partial charge in [0, 0.05) is 21.5 Å². The van der Waals surface area contributed by atoms with Crippen LogP contribution in [0.1, 0.15) is 55.7 Å². The quantitative estimate of drug-likeness (QED) is 0.235. The Hall–Kier alpha value is -2.32. The summed E-state index contributed by atoms with van der Waals surface area (Å²) in [6, 6.07) is 15.2. The maximum atomic E-state index is 12.7. The summed E-state index contributed by atoms with van der Waals surface area (Å²) in [5.74, 6) is 2.29. The van der Waals surface area contributed by atoms with Crippen molar-refractivity contribution < 1.29 is 9.53 Å². The van der Waals surface area contributed by atoms with Crippen molar-refractivity contribution in [2.24, 2.45) is 0 Å². The predicted octanol–water partition coefficient (Wildman–Crippen LogP) is 6.03. The number of aromatic nitrogens is 3. The zero-order chi connectivity index (χ0) is 22.8. The van der Waals surface area contributed by atoms with Gasteiger partial charge in [-0.3, -0.25) is 9.36 Å². The Kier molecular flexibility index (Phi) is 9.62. The number of benzene rings is 2. The van der Waals surface area contributed by atoms with Crippen LogP contribution in [0.15, 0.2) is 58.2 Å². The molecule has 1 aromatic heterocycles. The average molecular weight is 517 g/mol. The third-order valence-corrected chi connectivity index (χ3v) is 6.35. The average Bonchev–Trinajstić information content (AvgIpc) is 3.21. The molecule has 32 heavy (non-hydrogen) atoms. The van der Waals surface area contributed by atoms with E-state index in [1.807, 2.05) is 41.0 Å². The molecule has 0 aliphatic rings. The summed E-state index contributed by atoms with van der Waals surface area (Å²) < 4.78 is 8.69. The van der Waals surface area contributed by atoms with E-state index >= 15 is 0 Å². The van der Waals surface area contributed by atoms with Crippen molar-refractivity contribution in [2.75, 3.05) is 12.4 Å². The molecule has 6 nitrogen and oxygen atoms in total. The van der Waals surface area contributed by atoms with E-state index in [1.54, 1.807) is 23.9 Å². The van der Waals surface area contributed by atoms with Crippen LogP contribution in [0.5, 0.6) is 5.75 Å². The summed E-state index contributed by atoms with van der Waals surface area (Å²) >= 11 is 5.17. The van der Waals surface area contributed by atoms with Gasteiger partial charge < -0.3 is 10.1 Å². The number of rotatable bonds is 12. The first-order valence-corrected chi connectivity index (χ1v) is 12.7. The normalized spacial score (nSPS) is 10.8. The lowest BCUT2D eigenvalue weighted by Gasteiger charge is -2.11. The molecular formula is C24H29BrN4O2S. The smallest absolute Gasteiger partial charge is 0.251 e. The van der Waals surface area contributed by atoms with E-state index in [4.69, 9.17) is 4.74 Å². The maximum Gasteiger partial charge on any atom is 0.251 e. The van der Waals surface area contributed by atoms with Crippen LogP contribution < -0.4 is 10.1 Å². The number of ether oxygens (including phenoxy) is 1. The molecule has 3 aromatic rings. The number of halogens is 1. The summed E-state index contributed by atoms with van der Waals surface area (Å²) in [5.41, 5.74) is 1.55. The molecule has 3 rings (SSSR count). The van der Waals surface area contributed by atoms with Crippen LogP contribution in [-0.2, 0) is 6.54 Å². The maximum absolute atomic E-state index is 12.7. The number of hydrogen-bond acceptors (Lipinski definition) is 5. The lowest BCUT2D eigenvalue weighted by molar-refractivity contribution is 0.0949. The Morgan fingerprint density at radius 1 is 1.03 bits per heavy atom. The van der Waals surface area contributed by atoms with Crippen LogP contribution in [0.4, 0.5) is 0 Å². The van der Waals surface area contributed by atoms with Gasteiger partial charge in [0.05, 0.1) is 13.2 Å². The number of amides is 1. The van der Waals surface area contributed by atoms with Crippen LogP contribution >= 0.6 is 27.7 Å². The van der Waals surface area contributed by atoms with E-state index in [0.29, 0.717) is 18.0 Å². The molecule has 0 aliphatic carbocycles. The number of carbonyl (C=O) groups excluding carboxylic acids is 1. The van der Waals surface area contributed by atoms with E-state index in [-0.39, 0.29) is 12.5 Å². The largest absolute Gasteiger partial charge is 0.494 e. The zero-order valence-corrected chi connectivity index (χ0v) is 20.9. The van der Waals surface area contributed by atoms with Gasteiger partial charge in [-0.15, -0.1) is 10.2 Å². The zero-order valence-electron chi connectivity index (χ0n) is 18.5. The first-order valence-electron chi connectivity index (χ1n) is 11.0. The van der Waals surface area contributed by atoms with Gasteiger partial charge in [-0.2, -0.15) is 0 Å². The Bertz CT molecular complexity index is 990. The van der Waals surface area contributed by atoms with Gasteiger partial charge in [0.15, 0.2) is 11.0 Å². The third-order valence-electron chi connectivity index (χ3n) is 4.80. The van der Waals surface area contributed by atoms with Gasteiger partial charge in [-0.25, -0.2) is 0 Å². The lowest BCUT2D eigenvalue weighted by Crippen LogP contribution is -2.24. The second-order valence-electron chi connectivity index (χ2n) is 7.32. The number of unbranched alkanes of at least 4 members (excludes halogenated alkanes) is 2. The van der Waals surface area contributed by atoms with Crippen LogP contribution in [0.25, 0.3) is 5.69 Å². The molecule has 0 atom stereocenters. The van der Waals surface area contributed by atoms with Crippen LogP contribution in [-0.4, -0.2) is 33.0 Å². The standard InChI is InChI=1S/C24H29BrN4O2S/c1-3-5-15-31-21-13-7-18(8-14-21)23(30)26-17-22-27-28-24(32-16-6-4-2)29(22)20-11-9-19(25)10-12-20/h7-14H,3-6,15-17H2,1-2H3,(H,26,30). The van der Waals surface area contributed by atoms with Crippen molar-refractivity contribution in [1.29, 1.82) is 0 Å². The fraction of sp³-hybridized carbons (Fsp3) is 0.375. The molecule has 1 amide bonds. The summed E-state index contributed by atoms with van der Waals surface area (Å²) in [4.78, 5) is 12.7. The SMILES string of the molecule is CCCCOc1ccc(C(=O)NCc2nnc(SCCCC)n2-c2ccc(Br)cc2)cc1. The first-order chi connectivity index (χ1) is 15.6. The fourth-order valence-electron chi connectivity index (χ4n) is 2.96. The molecule has 2 aromatic carbocycles. The fourth-order valence-corrected chi connectivity index (χ4v) is 4.28. The highest BCUT2D eigenvalue weighted by Crippen LogP contribution is 2.24. The Morgan fingerprint density at radius 3 is 2.44 bits per heavy atom. The molecule has 0 aliphatic heterocycles. The van der Waals surface area contributed by atoms with E-state index in [9.17, 15) is 4.79 Å². The number of carbonyl (C=O) groups is 1. The minimum absolute atomic E-state index is 0.157. The van der Waals surface area contributed by atoms with E-state index in [2.05, 4.69) is 45.3 Å². The van der Waals surface area contributed by atoms with Crippen molar-refractivity contribution in [3.8, 4) is 11.4 Å². The highest BCUT2D eigenvalue weighted by molar-refractivity contribution is 9.10. The first kappa shape index (κ1) is 24.3. The molecule has 0 saturated carbocycles. The van der Waals surface area contributed by atoms with Crippen molar-refractivity contribution in [3.63, 3.8) is 0 Å². The number of nitrogens with one attached hydrogen (secondary N) is 1. The van der Waals surface area contributed by atoms with Crippen molar-refractivity contribution >= 4 is 33.6 Å². The van der Waals surface area contributed by atoms with Gasteiger partial charge in [0.2, 0.25) is 0 Å². The molecule has 0 spiro atoms. The molecule has 1 heterocycles. The Labute approximate surface area is 202 Å². The summed E-state index contributed by atoms with van der Waals surface area (Å²) in [6.07, 6.45) is 4.34. The minimum atomic E-state index is -0.157. The molecule has 170 valence electrons. The van der Waals surface area contributed by atoms with Crippen LogP contribution in [0, 0.1) is 0 Å². The predicted molar refractivity (Wildman–Crippen MR) is 133 cm³/mol. The lowest BCUT2D eigenvalue weighted by atomic mass is 10.2. The summed E-state index contributed by atoms with van der Waals surface area (Å²) in [5, 5.41) is 12.5. The third kappa shape index (κ3) is 6.84. The van der Waals surface area contributed by atoms with Crippen molar-refractivity contribution in [2.45, 2.75) is 51.2 Å². The second kappa shape index (κ2) is 12.6. The monoisotopic (exact) mass is 516 g/mol. The molecular weight excluding hydrogens is 488 g/mol. The van der Waals surface area contributed by atoms with Crippen LogP contribution in [0.3, 0.4) is 0 Å². The van der Waals surface area contributed by atoms with Gasteiger partial charge in [0.25, 0.3) is 5.91 Å². The van der Waals surface area contributed by atoms with E-state index < -0.39 is 0 Å². The molecule has 8 heteroatoms. The number of hydrogen-bond donors (Lipinski definition) is 1. The van der Waals surface area contributed by atoms with Gasteiger partial charge in [0.1, 0.15) is 5.75 Å². The second-order valence-corrected chi connectivity index (χ2v) is 9.30. The Morgan fingerprint density at radius 2 is 1.75 bits per heavy atom. The summed E-state index contributed by atoms with van der Waals surface area (Å²) in [6.45, 7) is 5.27. The molecule has 0 unspecified atom stereocenters. The molecule has 0 fully saturated rings. The van der Waals surface area contributed by atoms with Crippen LogP contribution in [0.2, 0.25) is 0 Å². The Balaban J connectivity index is 1.69. The van der Waals surface area contributed by atoms with Gasteiger partial charge in [-0.05, 0) is 61.4 Å². The van der Waals surface area contributed by atoms with Crippen molar-refractivity contribution in [3.05, 3.63) is 64.4 Å². The van der Waals surface area contributed by atoms with Gasteiger partial charge >= 0.3 is 0 Å². The molecule has 0 bridgehead atoms. The highest BCUT2D eigenvalue weighted by Gasteiger charge is 2.16. The number of nitrogens with zero attached hydrogens (tertiary/aromatic N) is 3. The number of thioether (sulfide) groups is 1. The highest BCUT2D eigenvalue weighted by atomic mass is 79.9. The minimum Gasteiger partial charge on any atom is -0.494 e. The molecule has 1 N–H and O–H groups in total. The topological polar surface area (TPSA) is 69.0 Å². The molecule has 0 saturated heterocycles. The van der Waals surface area contributed by atoms with E-state index in [0.717, 1.165) is 52.5 Å².